The summed E-state index contributed by atoms with van der Waals surface area (Å²) in [4.78, 5) is 31.3. The number of aliphatic hydroxyl groups excluding tert-OH is 1. The van der Waals surface area contributed by atoms with Gasteiger partial charge in [0.05, 0.1) is 18.0 Å². The van der Waals surface area contributed by atoms with Gasteiger partial charge in [-0.15, -0.1) is 10.2 Å². The van der Waals surface area contributed by atoms with Gasteiger partial charge >= 0.3 is 0 Å². The Bertz CT molecular complexity index is 1980. The van der Waals surface area contributed by atoms with Crippen molar-refractivity contribution in [1.29, 1.82) is 0 Å². The van der Waals surface area contributed by atoms with E-state index < -0.39 is 17.6 Å². The molecular weight excluding hydrogens is 705 g/mol. The molecule has 5 N–H and O–H groups in total. The summed E-state index contributed by atoms with van der Waals surface area (Å²) in [5.74, 6) is 1.23. The van der Waals surface area contributed by atoms with Crippen LogP contribution in [0.15, 0.2) is 67.0 Å². The quantitative estimate of drug-likeness (QED) is 0.152. The zero-order chi connectivity index (χ0) is 39.6. The molecule has 298 valence electrons. The molecule has 3 atom stereocenters. The van der Waals surface area contributed by atoms with Gasteiger partial charge < -0.3 is 26.2 Å². The maximum atomic E-state index is 13.5. The fraction of sp³-hybridized carbons (Fsp3) is 0.523. The molecule has 0 unspecified atom stereocenters. The van der Waals surface area contributed by atoms with Crippen LogP contribution < -0.4 is 11.1 Å². The first-order valence-electron chi connectivity index (χ1n) is 20.4. The Morgan fingerprint density at radius 2 is 1.68 bits per heavy atom. The van der Waals surface area contributed by atoms with Gasteiger partial charge in [-0.1, -0.05) is 57.2 Å². The van der Waals surface area contributed by atoms with Crippen molar-refractivity contribution in [3.8, 4) is 28.1 Å². The van der Waals surface area contributed by atoms with Gasteiger partial charge in [0.2, 0.25) is 11.8 Å². The number of rotatable bonds is 10. The Kier molecular flexibility index (Phi) is 11.8. The van der Waals surface area contributed by atoms with E-state index in [1.54, 1.807) is 23.1 Å². The minimum absolute atomic E-state index is 0.0227. The number of phenols is 1. The number of carbonyl (C=O) groups excluding carboxylic acids is 2. The van der Waals surface area contributed by atoms with E-state index in [2.05, 4.69) is 49.8 Å². The van der Waals surface area contributed by atoms with Gasteiger partial charge in [0.15, 0.2) is 5.82 Å². The number of aromatic hydroxyl groups is 1. The topological polar surface area (TPSA) is 163 Å². The van der Waals surface area contributed by atoms with Crippen molar-refractivity contribution >= 4 is 17.6 Å². The average molecular weight is 763 g/mol. The van der Waals surface area contributed by atoms with Gasteiger partial charge in [-0.2, -0.15) is 5.10 Å². The number of likely N-dealkylation sites (tertiary alicyclic amines) is 2. The van der Waals surface area contributed by atoms with Crippen LogP contribution in [-0.4, -0.2) is 89.6 Å². The van der Waals surface area contributed by atoms with Crippen LogP contribution in [-0.2, 0) is 22.7 Å². The van der Waals surface area contributed by atoms with Crippen molar-refractivity contribution in [2.75, 3.05) is 25.4 Å². The van der Waals surface area contributed by atoms with Gasteiger partial charge in [0.25, 0.3) is 0 Å². The summed E-state index contributed by atoms with van der Waals surface area (Å²) in [6.45, 7) is 12.1. The van der Waals surface area contributed by atoms with E-state index in [4.69, 9.17) is 5.73 Å². The number of nitrogens with two attached hydrogens (primary N) is 1. The van der Waals surface area contributed by atoms with Crippen molar-refractivity contribution in [3.05, 3.63) is 78.1 Å². The molecule has 2 aromatic heterocycles. The number of nitrogen functional groups attached to an aromatic ring is 1. The third-order valence-corrected chi connectivity index (χ3v) is 12.3. The van der Waals surface area contributed by atoms with Gasteiger partial charge in [-0.3, -0.25) is 19.2 Å². The molecule has 2 amide bonds. The molecule has 2 saturated heterocycles. The first-order valence-corrected chi connectivity index (χ1v) is 20.4. The molecule has 2 aliphatic heterocycles. The molecule has 0 bridgehead atoms. The largest absolute Gasteiger partial charge is 0.507 e. The lowest BCUT2D eigenvalue weighted by atomic mass is 9.77. The third-order valence-electron chi connectivity index (χ3n) is 12.3. The Labute approximate surface area is 330 Å². The van der Waals surface area contributed by atoms with Gasteiger partial charge in [-0.05, 0) is 112 Å². The first-order chi connectivity index (χ1) is 26.8. The molecule has 4 heterocycles. The zero-order valence-corrected chi connectivity index (χ0v) is 33.3. The summed E-state index contributed by atoms with van der Waals surface area (Å²) in [6.07, 6.45) is 9.65. The number of nitrogens with zero attached hydrogens (tertiary/aromatic N) is 6. The highest BCUT2D eigenvalue weighted by atomic mass is 16.3. The van der Waals surface area contributed by atoms with E-state index in [1.807, 2.05) is 56.9 Å². The molecule has 0 spiro atoms. The van der Waals surface area contributed by atoms with Crippen LogP contribution in [0, 0.1) is 17.3 Å². The lowest BCUT2D eigenvalue weighted by Gasteiger charge is -2.36. The molecule has 12 nitrogen and oxygen atoms in total. The summed E-state index contributed by atoms with van der Waals surface area (Å²) in [7, 11) is 0. The average Bonchev–Trinajstić information content (AvgIpc) is 3.79. The summed E-state index contributed by atoms with van der Waals surface area (Å²) < 4.78 is 2.00. The van der Waals surface area contributed by atoms with Crippen LogP contribution >= 0.6 is 0 Å². The number of piperidine rings is 1. The van der Waals surface area contributed by atoms with Crippen molar-refractivity contribution in [3.63, 3.8) is 0 Å². The SMILES string of the molecule is C[C@@H]1C[C@@H](O)CN1C(=O)[C@@H](NC(=O)[C@H]1CC[C@@H](c2ccc(CN3CCC(Cn4cc(-c5cc(-c6ccccc6O)nnc5N)cn4)CC3)cc2)CC1)C(C)(C)C. The molecule has 4 aromatic rings. The monoisotopic (exact) mass is 762 g/mol. The van der Waals surface area contributed by atoms with Crippen LogP contribution in [0.2, 0.25) is 0 Å². The Hall–Kier alpha value is -4.81. The zero-order valence-electron chi connectivity index (χ0n) is 33.3. The first kappa shape index (κ1) is 39.4. The van der Waals surface area contributed by atoms with E-state index in [0.717, 1.165) is 75.8 Å². The second kappa shape index (κ2) is 16.7. The molecule has 56 heavy (non-hydrogen) atoms. The molecule has 12 heteroatoms. The van der Waals surface area contributed by atoms with E-state index in [9.17, 15) is 19.8 Å². The summed E-state index contributed by atoms with van der Waals surface area (Å²) in [5, 5.41) is 36.6. The number of phenolic OH excluding ortho intramolecular Hbond substituents is 1. The van der Waals surface area contributed by atoms with E-state index in [1.165, 1.54) is 11.1 Å². The lowest BCUT2D eigenvalue weighted by Crippen LogP contribution is -2.56. The lowest BCUT2D eigenvalue weighted by molar-refractivity contribution is -0.141. The maximum absolute atomic E-state index is 13.5. The van der Waals surface area contributed by atoms with Crippen LogP contribution in [0.1, 0.15) is 89.7 Å². The van der Waals surface area contributed by atoms with Gasteiger partial charge in [-0.25, -0.2) is 0 Å². The minimum atomic E-state index is -0.618. The molecule has 2 aromatic carbocycles. The normalized spacial score (nSPS) is 22.9. The highest BCUT2D eigenvalue weighted by Gasteiger charge is 2.41. The number of anilines is 1. The Morgan fingerprint density at radius 1 is 0.964 bits per heavy atom. The second-order valence-electron chi connectivity index (χ2n) is 17.5. The number of amides is 2. The Balaban J connectivity index is 0.859. The predicted molar refractivity (Wildman–Crippen MR) is 217 cm³/mol. The number of aliphatic hydroxyl groups is 1. The number of para-hydroxylation sites is 1. The minimum Gasteiger partial charge on any atom is -0.507 e. The maximum Gasteiger partial charge on any atom is 0.246 e. The number of hydrogen-bond acceptors (Lipinski definition) is 9. The number of aromatic nitrogens is 4. The van der Waals surface area contributed by atoms with Crippen LogP contribution in [0.5, 0.6) is 5.75 Å². The highest BCUT2D eigenvalue weighted by molar-refractivity contribution is 5.89. The Morgan fingerprint density at radius 3 is 2.34 bits per heavy atom. The van der Waals surface area contributed by atoms with Gasteiger partial charge in [0, 0.05) is 54.5 Å². The molecule has 3 fully saturated rings. The molecule has 1 saturated carbocycles. The highest BCUT2D eigenvalue weighted by Crippen LogP contribution is 2.37. The van der Waals surface area contributed by atoms with Crippen LogP contribution in [0.4, 0.5) is 5.82 Å². The van der Waals surface area contributed by atoms with E-state index >= 15 is 0 Å². The van der Waals surface area contributed by atoms with Crippen molar-refractivity contribution in [2.24, 2.45) is 17.3 Å². The number of hydrogen-bond donors (Lipinski definition) is 4. The summed E-state index contributed by atoms with van der Waals surface area (Å²) in [6, 6.07) is 17.4. The van der Waals surface area contributed by atoms with Gasteiger partial charge in [0.1, 0.15) is 11.8 Å². The number of benzene rings is 2. The molecular formula is C44H58N8O4. The molecule has 7 rings (SSSR count). The van der Waals surface area contributed by atoms with Crippen molar-refractivity contribution in [1.82, 2.24) is 35.1 Å². The number of nitrogens with one attached hydrogen (secondary N) is 1. The van der Waals surface area contributed by atoms with Crippen molar-refractivity contribution in [2.45, 2.75) is 110 Å². The smallest absolute Gasteiger partial charge is 0.246 e. The van der Waals surface area contributed by atoms with E-state index in [-0.39, 0.29) is 29.5 Å². The second-order valence-corrected chi connectivity index (χ2v) is 17.5. The number of carbonyl (C=O) groups is 2. The molecule has 0 radical (unpaired) electrons. The molecule has 3 aliphatic rings. The summed E-state index contributed by atoms with van der Waals surface area (Å²) in [5.41, 5.74) is 11.2. The van der Waals surface area contributed by atoms with Crippen molar-refractivity contribution < 1.29 is 19.8 Å². The third kappa shape index (κ3) is 9.08. The number of β-amino-alcohol motifs (C(OH)–C–C–N with tert-alkyl or cyclic N) is 1. The summed E-state index contributed by atoms with van der Waals surface area (Å²) >= 11 is 0. The van der Waals surface area contributed by atoms with Crippen LogP contribution in [0.3, 0.4) is 0 Å². The van der Waals surface area contributed by atoms with Crippen LogP contribution in [0.25, 0.3) is 22.4 Å². The standard InChI is InChI=1S/C44H58N8O4/c1-28-21-35(53)27-52(28)43(56)40(44(2,3)4)47-42(55)33-15-13-32(14-16-33)31-11-9-29(10-12-31)24-50-19-17-30(18-20-50)25-51-26-34(23-46-51)37-22-38(48-49-41(37)45)36-7-5-6-8-39(36)54/h5-12,22-23,26,28,30,32-33,35,40,53-54H,13-21,24-25,27H2,1-4H3,(H2,45,49)(H,47,55)/t28-,32-,33+,35-,40-/m1/s1. The molecule has 1 aliphatic carbocycles. The fourth-order valence-electron chi connectivity index (χ4n) is 8.88. The fourth-order valence-corrected chi connectivity index (χ4v) is 8.88. The van der Waals surface area contributed by atoms with E-state index in [0.29, 0.717) is 41.9 Å². The predicted octanol–water partition coefficient (Wildman–Crippen LogP) is 5.99.